The van der Waals surface area contributed by atoms with Crippen molar-refractivity contribution in [2.24, 2.45) is 0 Å². The van der Waals surface area contributed by atoms with Crippen LogP contribution in [-0.4, -0.2) is 0 Å². The Labute approximate surface area is 440 Å². The Bertz CT molecular complexity index is 4420. The van der Waals surface area contributed by atoms with Crippen LogP contribution in [0.1, 0.15) is 61.1 Å². The van der Waals surface area contributed by atoms with E-state index >= 15 is 0 Å². The maximum absolute atomic E-state index is 10.4. The summed E-state index contributed by atoms with van der Waals surface area (Å²) in [5.41, 5.74) is 16.4. The van der Waals surface area contributed by atoms with Gasteiger partial charge in [0.2, 0.25) is 0 Å². The van der Waals surface area contributed by atoms with E-state index < -0.39 is 0 Å². The highest BCUT2D eigenvalue weighted by Gasteiger charge is 2.40. The number of fused-ring (bicyclic) bond motifs is 8. The molecule has 354 valence electrons. The molecule has 6 heteroatoms. The summed E-state index contributed by atoms with van der Waals surface area (Å²) in [5, 5.41) is 30.7. The number of hydrogen-bond acceptors (Lipinski definition) is 4. The van der Waals surface area contributed by atoms with Gasteiger partial charge in [-0.25, -0.2) is 0 Å². The van der Waals surface area contributed by atoms with Crippen LogP contribution >= 0.6 is 0 Å². The lowest BCUT2D eigenvalue weighted by Gasteiger charge is -2.32. The van der Waals surface area contributed by atoms with E-state index in [9.17, 15) is 10.5 Å². The summed E-state index contributed by atoms with van der Waals surface area (Å²) in [6.45, 7) is 25.4. The minimum Gasteiger partial charge on any atom is -0.309 e. The van der Waals surface area contributed by atoms with Crippen LogP contribution < -0.4 is 9.80 Å². The summed E-state index contributed by atoms with van der Waals surface area (Å²) in [5.74, 6) is 0. The second kappa shape index (κ2) is 16.1. The normalized spacial score (nSPS) is 13.4. The van der Waals surface area contributed by atoms with Crippen LogP contribution in [0.15, 0.2) is 194 Å². The van der Waals surface area contributed by atoms with Crippen molar-refractivity contribution >= 4 is 99.4 Å². The maximum atomic E-state index is 10.4. The quantitative estimate of drug-likeness (QED) is 0.123. The van der Waals surface area contributed by atoms with Gasteiger partial charge in [0.15, 0.2) is 11.4 Å². The van der Waals surface area contributed by atoms with Gasteiger partial charge in [0.05, 0.1) is 58.4 Å². The Balaban J connectivity index is 1.08. The third-order valence-corrected chi connectivity index (χ3v) is 16.7. The smallest absolute Gasteiger partial charge is 0.195 e. The van der Waals surface area contributed by atoms with E-state index in [1.807, 2.05) is 42.5 Å². The summed E-state index contributed by atoms with van der Waals surface area (Å²) in [7, 11) is 0. The van der Waals surface area contributed by atoms with Gasteiger partial charge in [0.1, 0.15) is 12.1 Å². The fourth-order valence-electron chi connectivity index (χ4n) is 13.1. The third kappa shape index (κ3) is 6.05. The van der Waals surface area contributed by atoms with Crippen molar-refractivity contribution in [3.63, 3.8) is 0 Å². The second-order valence-corrected chi connectivity index (χ2v) is 21.2. The molecule has 0 N–H and O–H groups in total. The molecule has 0 heterocycles. The SMILES string of the molecule is [C-]#[N+]c1cc2cccc(N(c3cccc4c3-c3ccccc3C4(C)C)c3ccc4ccc5c(N(c6cccc7c6-c6ccccc6C7(C)C)c6cccc7cc(C#N)c(C#N)cc67)ccc6ccc3c4c65)c2cc1[N+]#[C-]. The highest BCUT2D eigenvalue weighted by Crippen LogP contribution is 2.58. The van der Waals surface area contributed by atoms with Gasteiger partial charge in [-0.2, -0.15) is 10.5 Å². The number of benzene rings is 12. The van der Waals surface area contributed by atoms with E-state index in [0.717, 1.165) is 93.6 Å². The molecule has 0 saturated carbocycles. The Hall–Kier alpha value is -10.2. The fourth-order valence-corrected chi connectivity index (χ4v) is 13.1. The Morgan fingerprint density at radius 3 is 1.26 bits per heavy atom. The molecule has 0 aliphatic heterocycles. The Kier molecular flexibility index (Phi) is 9.44. The van der Waals surface area contributed by atoms with E-state index in [0.29, 0.717) is 22.5 Å². The van der Waals surface area contributed by atoms with E-state index in [1.54, 1.807) is 0 Å². The van der Waals surface area contributed by atoms with Crippen molar-refractivity contribution < 1.29 is 0 Å². The van der Waals surface area contributed by atoms with Crippen LogP contribution in [-0.2, 0) is 10.8 Å². The van der Waals surface area contributed by atoms with Crippen molar-refractivity contribution in [2.75, 3.05) is 9.80 Å². The van der Waals surface area contributed by atoms with Gasteiger partial charge < -0.3 is 9.80 Å². The van der Waals surface area contributed by atoms with Gasteiger partial charge in [-0.05, 0) is 120 Å². The molecular weight excluding hydrogens is 925 g/mol. The second-order valence-electron chi connectivity index (χ2n) is 21.2. The minimum atomic E-state index is -0.259. The summed E-state index contributed by atoms with van der Waals surface area (Å²) in [6, 6.07) is 73.3. The first-order valence-corrected chi connectivity index (χ1v) is 25.5. The van der Waals surface area contributed by atoms with E-state index in [-0.39, 0.29) is 10.8 Å². The molecule has 76 heavy (non-hydrogen) atoms. The molecule has 0 unspecified atom stereocenters. The predicted molar refractivity (Wildman–Crippen MR) is 312 cm³/mol. The summed E-state index contributed by atoms with van der Waals surface area (Å²) < 4.78 is 0. The van der Waals surface area contributed by atoms with Crippen molar-refractivity contribution in [1.82, 2.24) is 0 Å². The molecular formula is C70H44N6. The van der Waals surface area contributed by atoms with Gasteiger partial charge in [0, 0.05) is 38.1 Å². The van der Waals surface area contributed by atoms with Gasteiger partial charge in [-0.15, -0.1) is 0 Å². The highest BCUT2D eigenvalue weighted by molar-refractivity contribution is 6.29. The number of hydrogen-bond donors (Lipinski definition) is 0. The molecule has 0 atom stereocenters. The summed E-state index contributed by atoms with van der Waals surface area (Å²) in [4.78, 5) is 12.4. The number of rotatable bonds is 6. The van der Waals surface area contributed by atoms with Crippen LogP contribution in [0.25, 0.3) is 85.8 Å². The lowest BCUT2D eigenvalue weighted by molar-refractivity contribution is 0.660. The van der Waals surface area contributed by atoms with Crippen LogP contribution in [0, 0.1) is 35.8 Å². The van der Waals surface area contributed by atoms with Crippen LogP contribution in [0.5, 0.6) is 0 Å². The lowest BCUT2D eigenvalue weighted by atomic mass is 9.82. The molecule has 0 amide bonds. The zero-order chi connectivity index (χ0) is 51.8. The molecule has 2 aliphatic carbocycles. The minimum absolute atomic E-state index is 0.256. The van der Waals surface area contributed by atoms with Gasteiger partial charge in [-0.3, -0.25) is 9.69 Å². The highest BCUT2D eigenvalue weighted by atomic mass is 15.2. The first-order valence-electron chi connectivity index (χ1n) is 25.5. The average molecular weight is 969 g/mol. The first kappa shape index (κ1) is 44.5. The molecule has 0 saturated heterocycles. The lowest BCUT2D eigenvalue weighted by Crippen LogP contribution is -2.16. The summed E-state index contributed by atoms with van der Waals surface area (Å²) in [6.07, 6.45) is 0. The molecule has 2 aliphatic rings. The molecule has 0 fully saturated rings. The number of nitriles is 2. The molecule has 0 bridgehead atoms. The van der Waals surface area contributed by atoms with Crippen molar-refractivity contribution in [1.29, 1.82) is 10.5 Å². The van der Waals surface area contributed by atoms with E-state index in [2.05, 4.69) is 211 Å². The maximum Gasteiger partial charge on any atom is 0.195 e. The molecule has 0 spiro atoms. The van der Waals surface area contributed by atoms with Crippen molar-refractivity contribution in [3.05, 3.63) is 250 Å². The number of nitrogens with zero attached hydrogens (tertiary/aromatic N) is 6. The molecule has 0 aromatic heterocycles. The largest absolute Gasteiger partial charge is 0.309 e. The molecule has 6 nitrogen and oxygen atoms in total. The van der Waals surface area contributed by atoms with Crippen LogP contribution in [0.2, 0.25) is 0 Å². The van der Waals surface area contributed by atoms with Gasteiger partial charge in [-0.1, -0.05) is 173 Å². The van der Waals surface area contributed by atoms with Crippen LogP contribution in [0.4, 0.5) is 45.5 Å². The fraction of sp³-hybridized carbons (Fsp3) is 0.0857. The zero-order valence-electron chi connectivity index (χ0n) is 42.2. The summed E-state index contributed by atoms with van der Waals surface area (Å²) >= 11 is 0. The molecule has 12 aromatic rings. The van der Waals surface area contributed by atoms with Crippen LogP contribution in [0.3, 0.4) is 0 Å². The predicted octanol–water partition coefficient (Wildman–Crippen LogP) is 19.3. The third-order valence-electron chi connectivity index (χ3n) is 16.7. The number of anilines is 6. The van der Waals surface area contributed by atoms with E-state index in [4.69, 9.17) is 13.1 Å². The van der Waals surface area contributed by atoms with Crippen molar-refractivity contribution in [3.8, 4) is 34.4 Å². The average Bonchev–Trinajstić information content (AvgIpc) is 3.89. The zero-order valence-corrected chi connectivity index (χ0v) is 42.2. The van der Waals surface area contributed by atoms with Gasteiger partial charge >= 0.3 is 0 Å². The Morgan fingerprint density at radius 2 is 0.763 bits per heavy atom. The Morgan fingerprint density at radius 1 is 0.368 bits per heavy atom. The van der Waals surface area contributed by atoms with E-state index in [1.165, 1.54) is 38.9 Å². The molecule has 0 radical (unpaired) electrons. The van der Waals surface area contributed by atoms with Gasteiger partial charge in [0.25, 0.3) is 0 Å². The standard InChI is InChI=1S/C70H44N6/c1-69(2)53-19-9-7-17-47(53)67-55(69)21-13-25-63(67)75(59-23-11-15-43-35-45(39-71)46(40-72)36-51(43)59)61-33-29-41-28-32-50-62(34-30-42-27-31-49(61)65(41)66(42)50)76(60-24-12-16-44-37-57(73-5)58(74-6)38-52(44)60)64-26-14-22-56-68(64)48-18-8-10-20-54(48)70(56,3)4/h7-38H,1-4H3. The topological polar surface area (TPSA) is 62.8 Å². The molecule has 14 rings (SSSR count). The first-order chi connectivity index (χ1) is 37.0. The monoisotopic (exact) mass is 968 g/mol. The van der Waals surface area contributed by atoms with Crippen molar-refractivity contribution in [2.45, 2.75) is 38.5 Å². The molecule has 12 aromatic carbocycles.